The first-order valence-corrected chi connectivity index (χ1v) is 9.34. The summed E-state index contributed by atoms with van der Waals surface area (Å²) in [4.78, 5) is 24.7. The van der Waals surface area contributed by atoms with Crippen LogP contribution in [0.2, 0.25) is 0 Å². The van der Waals surface area contributed by atoms with Crippen molar-refractivity contribution in [2.45, 2.75) is 6.61 Å². The van der Waals surface area contributed by atoms with E-state index in [1.807, 2.05) is 30.3 Å². The lowest BCUT2D eigenvalue weighted by molar-refractivity contribution is 0.00554. The van der Waals surface area contributed by atoms with Gasteiger partial charge in [0.2, 0.25) is 0 Å². The van der Waals surface area contributed by atoms with E-state index < -0.39 is 11.9 Å². The fourth-order valence-corrected chi connectivity index (χ4v) is 2.38. The van der Waals surface area contributed by atoms with Crippen LogP contribution in [-0.2, 0) is 30.3 Å². The number of rotatable bonds is 13. The number of esters is 2. The first-order valence-electron chi connectivity index (χ1n) is 9.34. The van der Waals surface area contributed by atoms with Gasteiger partial charge in [-0.1, -0.05) is 42.5 Å². The lowest BCUT2D eigenvalue weighted by Gasteiger charge is -2.10. The van der Waals surface area contributed by atoms with Gasteiger partial charge in [-0.2, -0.15) is 0 Å². The van der Waals surface area contributed by atoms with Crippen LogP contribution >= 0.6 is 0 Å². The van der Waals surface area contributed by atoms with Crippen molar-refractivity contribution in [3.63, 3.8) is 0 Å². The van der Waals surface area contributed by atoms with E-state index in [0.717, 1.165) is 5.56 Å². The number of methoxy groups -OCH3 is 1. The second kappa shape index (κ2) is 13.4. The Labute approximate surface area is 170 Å². The first kappa shape index (κ1) is 22.5. The molecular formula is C22H26O7. The van der Waals surface area contributed by atoms with Crippen LogP contribution in [0.25, 0.3) is 0 Å². The Hall–Kier alpha value is -2.74. The van der Waals surface area contributed by atoms with Gasteiger partial charge in [0.25, 0.3) is 0 Å². The van der Waals surface area contributed by atoms with E-state index in [-0.39, 0.29) is 30.9 Å². The van der Waals surface area contributed by atoms with Crippen LogP contribution in [0.15, 0.2) is 54.6 Å². The maximum atomic E-state index is 12.4. The van der Waals surface area contributed by atoms with Crippen molar-refractivity contribution in [1.29, 1.82) is 0 Å². The minimum atomic E-state index is -0.600. The molecule has 0 radical (unpaired) electrons. The van der Waals surface area contributed by atoms with Gasteiger partial charge in [-0.3, -0.25) is 0 Å². The Balaban J connectivity index is 1.75. The molecule has 0 spiro atoms. The molecule has 0 amide bonds. The van der Waals surface area contributed by atoms with E-state index in [9.17, 15) is 9.59 Å². The van der Waals surface area contributed by atoms with Gasteiger partial charge in [0.05, 0.1) is 44.2 Å². The summed E-state index contributed by atoms with van der Waals surface area (Å²) in [6, 6.07) is 15.7. The molecule has 29 heavy (non-hydrogen) atoms. The predicted molar refractivity (Wildman–Crippen MR) is 106 cm³/mol. The summed E-state index contributed by atoms with van der Waals surface area (Å²) in [5, 5.41) is 0. The monoisotopic (exact) mass is 402 g/mol. The molecule has 0 bridgehead atoms. The van der Waals surface area contributed by atoms with Gasteiger partial charge in [-0.05, 0) is 17.7 Å². The molecule has 0 aliphatic carbocycles. The minimum Gasteiger partial charge on any atom is -0.460 e. The summed E-state index contributed by atoms with van der Waals surface area (Å²) in [6.07, 6.45) is 0. The zero-order valence-corrected chi connectivity index (χ0v) is 16.5. The van der Waals surface area contributed by atoms with Gasteiger partial charge in [-0.15, -0.1) is 0 Å². The molecule has 156 valence electrons. The lowest BCUT2D eigenvalue weighted by Crippen LogP contribution is -2.17. The van der Waals surface area contributed by atoms with Crippen molar-refractivity contribution in [3.05, 3.63) is 71.3 Å². The molecule has 2 rings (SSSR count). The summed E-state index contributed by atoms with van der Waals surface area (Å²) in [6.45, 7) is 2.31. The minimum absolute atomic E-state index is 0.0737. The Morgan fingerprint density at radius 3 is 1.79 bits per heavy atom. The van der Waals surface area contributed by atoms with Gasteiger partial charge in [0.1, 0.15) is 13.2 Å². The maximum Gasteiger partial charge on any atom is 0.339 e. The van der Waals surface area contributed by atoms with Gasteiger partial charge in [0.15, 0.2) is 0 Å². The van der Waals surface area contributed by atoms with Gasteiger partial charge < -0.3 is 23.7 Å². The summed E-state index contributed by atoms with van der Waals surface area (Å²) in [7, 11) is 1.61. The van der Waals surface area contributed by atoms with E-state index in [1.165, 1.54) is 12.1 Å². The molecule has 0 atom stereocenters. The van der Waals surface area contributed by atoms with Crippen LogP contribution in [-0.4, -0.2) is 58.7 Å². The Bertz CT molecular complexity index is 746. The highest BCUT2D eigenvalue weighted by atomic mass is 16.6. The molecule has 0 heterocycles. The normalized spacial score (nSPS) is 10.5. The SMILES string of the molecule is COCCOCCOCCOC(=O)c1ccccc1C(=O)OCc1ccccc1. The Morgan fingerprint density at radius 1 is 0.655 bits per heavy atom. The third kappa shape index (κ3) is 8.43. The van der Waals surface area contributed by atoms with E-state index in [4.69, 9.17) is 23.7 Å². The average Bonchev–Trinajstić information content (AvgIpc) is 2.77. The quantitative estimate of drug-likeness (QED) is 0.376. The largest absolute Gasteiger partial charge is 0.460 e. The van der Waals surface area contributed by atoms with Crippen LogP contribution in [0.1, 0.15) is 26.3 Å². The highest BCUT2D eigenvalue weighted by molar-refractivity contribution is 6.03. The zero-order valence-electron chi connectivity index (χ0n) is 16.5. The van der Waals surface area contributed by atoms with Crippen molar-refractivity contribution < 1.29 is 33.3 Å². The van der Waals surface area contributed by atoms with Crippen LogP contribution in [0.4, 0.5) is 0 Å². The van der Waals surface area contributed by atoms with Crippen molar-refractivity contribution in [2.24, 2.45) is 0 Å². The van der Waals surface area contributed by atoms with Crippen molar-refractivity contribution in [2.75, 3.05) is 46.8 Å². The standard InChI is InChI=1S/C22H26O7/c1-25-11-12-26-13-14-27-15-16-28-21(23)19-9-5-6-10-20(19)22(24)29-17-18-7-3-2-4-8-18/h2-10H,11-17H2,1H3. The zero-order chi connectivity index (χ0) is 20.7. The highest BCUT2D eigenvalue weighted by Crippen LogP contribution is 2.13. The average molecular weight is 402 g/mol. The molecule has 2 aromatic rings. The van der Waals surface area contributed by atoms with E-state index in [1.54, 1.807) is 19.2 Å². The number of hydrogen-bond donors (Lipinski definition) is 0. The Kier molecular flexibility index (Phi) is 10.4. The second-order valence-corrected chi connectivity index (χ2v) is 5.96. The molecular weight excluding hydrogens is 376 g/mol. The molecule has 7 heteroatoms. The molecule has 0 saturated carbocycles. The summed E-state index contributed by atoms with van der Waals surface area (Å²) in [5.74, 6) is -1.18. The number of benzene rings is 2. The summed E-state index contributed by atoms with van der Waals surface area (Å²) < 4.78 is 26.0. The maximum absolute atomic E-state index is 12.4. The highest BCUT2D eigenvalue weighted by Gasteiger charge is 2.19. The summed E-state index contributed by atoms with van der Waals surface area (Å²) >= 11 is 0. The second-order valence-electron chi connectivity index (χ2n) is 5.96. The van der Waals surface area contributed by atoms with E-state index in [0.29, 0.717) is 26.4 Å². The smallest absolute Gasteiger partial charge is 0.339 e. The molecule has 0 aliphatic rings. The van der Waals surface area contributed by atoms with Crippen molar-refractivity contribution in [3.8, 4) is 0 Å². The van der Waals surface area contributed by atoms with E-state index >= 15 is 0 Å². The summed E-state index contributed by atoms with van der Waals surface area (Å²) in [5.41, 5.74) is 1.19. The van der Waals surface area contributed by atoms with E-state index in [2.05, 4.69) is 0 Å². The van der Waals surface area contributed by atoms with Crippen molar-refractivity contribution >= 4 is 11.9 Å². The van der Waals surface area contributed by atoms with Crippen LogP contribution in [0, 0.1) is 0 Å². The lowest BCUT2D eigenvalue weighted by atomic mass is 10.1. The fraction of sp³-hybridized carbons (Fsp3) is 0.364. The number of carbonyl (C=O) groups is 2. The molecule has 0 saturated heterocycles. The molecule has 0 aromatic heterocycles. The van der Waals surface area contributed by atoms with Crippen LogP contribution in [0.3, 0.4) is 0 Å². The predicted octanol–water partition coefficient (Wildman–Crippen LogP) is 2.88. The third-order valence-electron chi connectivity index (χ3n) is 3.84. The van der Waals surface area contributed by atoms with Gasteiger partial charge in [0, 0.05) is 7.11 Å². The Morgan fingerprint density at radius 2 is 1.17 bits per heavy atom. The molecule has 0 fully saturated rings. The van der Waals surface area contributed by atoms with Crippen LogP contribution < -0.4 is 0 Å². The molecule has 0 aliphatic heterocycles. The fourth-order valence-electron chi connectivity index (χ4n) is 2.38. The van der Waals surface area contributed by atoms with Crippen LogP contribution in [0.5, 0.6) is 0 Å². The first-order chi connectivity index (χ1) is 14.2. The topological polar surface area (TPSA) is 80.3 Å². The molecule has 0 unspecified atom stereocenters. The van der Waals surface area contributed by atoms with Crippen molar-refractivity contribution in [1.82, 2.24) is 0 Å². The number of ether oxygens (including phenoxy) is 5. The molecule has 7 nitrogen and oxygen atoms in total. The number of hydrogen-bond acceptors (Lipinski definition) is 7. The van der Waals surface area contributed by atoms with Gasteiger partial charge >= 0.3 is 11.9 Å². The number of carbonyl (C=O) groups excluding carboxylic acids is 2. The molecule has 2 aromatic carbocycles. The third-order valence-corrected chi connectivity index (χ3v) is 3.84. The van der Waals surface area contributed by atoms with Gasteiger partial charge in [-0.25, -0.2) is 9.59 Å². The molecule has 0 N–H and O–H groups in total.